The average Bonchev–Trinajstić information content (AvgIpc) is 2.65. The van der Waals surface area contributed by atoms with E-state index in [2.05, 4.69) is 5.32 Å². The maximum Gasteiger partial charge on any atom is 0.353 e. The Labute approximate surface area is 173 Å². The summed E-state index contributed by atoms with van der Waals surface area (Å²) < 4.78 is 10.4. The lowest BCUT2D eigenvalue weighted by molar-refractivity contribution is -0.153. The van der Waals surface area contributed by atoms with E-state index in [1.165, 1.54) is 0 Å². The SMILES string of the molecule is Cc1ccc(-c2ccc3c(O)c(C(=O)NCC(=O)OC(C)(C)C)c(=O)oc3c2)cc1. The Morgan fingerprint density at radius 2 is 1.70 bits per heavy atom. The Bertz CT molecular complexity index is 1170. The van der Waals surface area contributed by atoms with Crippen molar-refractivity contribution < 1.29 is 23.8 Å². The first kappa shape index (κ1) is 21.1. The van der Waals surface area contributed by atoms with E-state index < -0.39 is 41.0 Å². The fourth-order valence-electron chi connectivity index (χ4n) is 2.93. The Kier molecular flexibility index (Phi) is 5.64. The minimum Gasteiger partial charge on any atom is -0.506 e. The smallest absolute Gasteiger partial charge is 0.353 e. The normalized spacial score (nSPS) is 11.3. The summed E-state index contributed by atoms with van der Waals surface area (Å²) in [5.41, 5.74) is 0.721. The number of benzene rings is 2. The van der Waals surface area contributed by atoms with Gasteiger partial charge >= 0.3 is 11.6 Å². The zero-order chi connectivity index (χ0) is 22.1. The third kappa shape index (κ3) is 4.68. The van der Waals surface area contributed by atoms with Gasteiger partial charge in [0.15, 0.2) is 5.56 Å². The molecule has 1 amide bonds. The fraction of sp³-hybridized carbons (Fsp3) is 0.261. The molecule has 0 aliphatic rings. The first-order valence-electron chi connectivity index (χ1n) is 9.42. The van der Waals surface area contributed by atoms with Crippen molar-refractivity contribution in [2.75, 3.05) is 6.54 Å². The van der Waals surface area contributed by atoms with Gasteiger partial charge in [-0.25, -0.2) is 4.79 Å². The Morgan fingerprint density at radius 1 is 1.07 bits per heavy atom. The van der Waals surface area contributed by atoms with Gasteiger partial charge in [0.1, 0.15) is 23.5 Å². The minimum absolute atomic E-state index is 0.152. The van der Waals surface area contributed by atoms with Gasteiger partial charge in [-0.3, -0.25) is 9.59 Å². The average molecular weight is 409 g/mol. The number of carbonyl (C=O) groups is 2. The van der Waals surface area contributed by atoms with Crippen molar-refractivity contribution in [2.24, 2.45) is 0 Å². The van der Waals surface area contributed by atoms with Crippen LogP contribution in [0.5, 0.6) is 5.75 Å². The Balaban J connectivity index is 1.89. The molecule has 156 valence electrons. The van der Waals surface area contributed by atoms with Gasteiger partial charge in [-0.1, -0.05) is 35.9 Å². The zero-order valence-corrected chi connectivity index (χ0v) is 17.2. The van der Waals surface area contributed by atoms with Crippen LogP contribution < -0.4 is 10.9 Å². The van der Waals surface area contributed by atoms with Crippen molar-refractivity contribution in [2.45, 2.75) is 33.3 Å². The first-order valence-corrected chi connectivity index (χ1v) is 9.42. The van der Waals surface area contributed by atoms with Gasteiger partial charge in [-0.15, -0.1) is 0 Å². The summed E-state index contributed by atoms with van der Waals surface area (Å²) in [6, 6.07) is 12.8. The summed E-state index contributed by atoms with van der Waals surface area (Å²) in [6.45, 7) is 6.63. The van der Waals surface area contributed by atoms with Gasteiger partial charge in [0.25, 0.3) is 5.91 Å². The highest BCUT2D eigenvalue weighted by molar-refractivity contribution is 6.02. The summed E-state index contributed by atoms with van der Waals surface area (Å²) in [4.78, 5) is 36.5. The van der Waals surface area contributed by atoms with Crippen LogP contribution >= 0.6 is 0 Å². The van der Waals surface area contributed by atoms with Crippen molar-refractivity contribution in [1.82, 2.24) is 5.32 Å². The Hall–Kier alpha value is -3.61. The molecule has 0 atom stereocenters. The van der Waals surface area contributed by atoms with Crippen molar-refractivity contribution >= 4 is 22.8 Å². The quantitative estimate of drug-likeness (QED) is 0.504. The molecule has 0 saturated heterocycles. The van der Waals surface area contributed by atoms with Crippen LogP contribution in [0, 0.1) is 6.92 Å². The van der Waals surface area contributed by atoms with E-state index in [0.717, 1.165) is 16.7 Å². The first-order chi connectivity index (χ1) is 14.0. The molecular weight excluding hydrogens is 386 g/mol. The number of fused-ring (bicyclic) bond motifs is 1. The molecule has 0 saturated carbocycles. The predicted octanol–water partition coefficient (Wildman–Crippen LogP) is 3.55. The van der Waals surface area contributed by atoms with E-state index in [4.69, 9.17) is 9.15 Å². The number of carbonyl (C=O) groups excluding carboxylic acids is 2. The molecule has 0 bridgehead atoms. The number of hydrogen-bond acceptors (Lipinski definition) is 6. The molecule has 7 nitrogen and oxygen atoms in total. The maximum atomic E-state index is 12.4. The molecule has 7 heteroatoms. The van der Waals surface area contributed by atoms with Crippen molar-refractivity contribution in [3.8, 4) is 16.9 Å². The lowest BCUT2D eigenvalue weighted by atomic mass is 10.0. The highest BCUT2D eigenvalue weighted by Gasteiger charge is 2.23. The van der Waals surface area contributed by atoms with Crippen LogP contribution in [0.15, 0.2) is 51.7 Å². The number of nitrogens with one attached hydrogen (secondary N) is 1. The molecule has 3 rings (SSSR count). The second kappa shape index (κ2) is 8.02. The standard InChI is InChI=1S/C23H23NO6/c1-13-5-7-14(8-6-13)15-9-10-16-17(11-15)29-22(28)19(20(16)26)21(27)24-12-18(25)30-23(2,3)4/h5-11,26H,12H2,1-4H3,(H,24,27). The van der Waals surface area contributed by atoms with E-state index in [-0.39, 0.29) is 11.0 Å². The zero-order valence-electron chi connectivity index (χ0n) is 17.2. The Morgan fingerprint density at radius 3 is 2.33 bits per heavy atom. The summed E-state index contributed by atoms with van der Waals surface area (Å²) in [5.74, 6) is -2.08. The van der Waals surface area contributed by atoms with E-state index in [9.17, 15) is 19.5 Å². The lowest BCUT2D eigenvalue weighted by Gasteiger charge is -2.19. The molecule has 1 aromatic heterocycles. The summed E-state index contributed by atoms with van der Waals surface area (Å²) in [6.07, 6.45) is 0. The second-order valence-corrected chi connectivity index (χ2v) is 7.96. The highest BCUT2D eigenvalue weighted by Crippen LogP contribution is 2.30. The second-order valence-electron chi connectivity index (χ2n) is 7.96. The van der Waals surface area contributed by atoms with Gasteiger partial charge in [-0.2, -0.15) is 0 Å². The monoisotopic (exact) mass is 409 g/mol. The number of ether oxygens (including phenoxy) is 1. The van der Waals surface area contributed by atoms with Crippen molar-refractivity contribution in [3.63, 3.8) is 0 Å². The molecule has 2 N–H and O–H groups in total. The molecule has 3 aromatic rings. The molecule has 1 heterocycles. The molecule has 30 heavy (non-hydrogen) atoms. The predicted molar refractivity (Wildman–Crippen MR) is 113 cm³/mol. The van der Waals surface area contributed by atoms with Gasteiger partial charge in [0.05, 0.1) is 5.39 Å². The number of rotatable bonds is 4. The van der Waals surface area contributed by atoms with Crippen LogP contribution in [0.25, 0.3) is 22.1 Å². The number of aryl methyl sites for hydroxylation is 1. The topological polar surface area (TPSA) is 106 Å². The van der Waals surface area contributed by atoms with Crippen LogP contribution in [0.3, 0.4) is 0 Å². The number of aromatic hydroxyl groups is 1. The van der Waals surface area contributed by atoms with Crippen LogP contribution in [-0.2, 0) is 9.53 Å². The summed E-state index contributed by atoms with van der Waals surface area (Å²) in [5, 5.41) is 13.0. The molecule has 0 radical (unpaired) electrons. The van der Waals surface area contributed by atoms with E-state index in [0.29, 0.717) is 0 Å². The molecule has 0 aliphatic carbocycles. The third-order valence-electron chi connectivity index (χ3n) is 4.31. The maximum absolute atomic E-state index is 12.4. The lowest BCUT2D eigenvalue weighted by Crippen LogP contribution is -2.36. The number of hydrogen-bond donors (Lipinski definition) is 2. The van der Waals surface area contributed by atoms with Crippen LogP contribution in [-0.4, -0.2) is 29.1 Å². The van der Waals surface area contributed by atoms with Crippen molar-refractivity contribution in [1.29, 1.82) is 0 Å². The van der Waals surface area contributed by atoms with Crippen LogP contribution in [0.2, 0.25) is 0 Å². The van der Waals surface area contributed by atoms with E-state index in [1.807, 2.05) is 31.2 Å². The number of esters is 1. The molecule has 0 unspecified atom stereocenters. The van der Waals surface area contributed by atoms with Crippen molar-refractivity contribution in [3.05, 3.63) is 64.0 Å². The van der Waals surface area contributed by atoms with E-state index >= 15 is 0 Å². The summed E-state index contributed by atoms with van der Waals surface area (Å²) in [7, 11) is 0. The highest BCUT2D eigenvalue weighted by atomic mass is 16.6. The third-order valence-corrected chi connectivity index (χ3v) is 4.31. The van der Waals surface area contributed by atoms with Gasteiger partial charge < -0.3 is 19.6 Å². The van der Waals surface area contributed by atoms with Gasteiger partial charge in [0.2, 0.25) is 0 Å². The minimum atomic E-state index is -0.997. The largest absolute Gasteiger partial charge is 0.506 e. The molecule has 0 spiro atoms. The molecular formula is C23H23NO6. The fourth-order valence-corrected chi connectivity index (χ4v) is 2.93. The van der Waals surface area contributed by atoms with Gasteiger partial charge in [-0.05, 0) is 51.0 Å². The summed E-state index contributed by atoms with van der Waals surface area (Å²) >= 11 is 0. The molecule has 2 aromatic carbocycles. The molecule has 0 fully saturated rings. The molecule has 0 aliphatic heterocycles. The van der Waals surface area contributed by atoms with Crippen LogP contribution in [0.1, 0.15) is 36.7 Å². The van der Waals surface area contributed by atoms with Crippen LogP contribution in [0.4, 0.5) is 0 Å². The number of amides is 1. The van der Waals surface area contributed by atoms with Gasteiger partial charge in [0, 0.05) is 0 Å². The van der Waals surface area contributed by atoms with E-state index in [1.54, 1.807) is 39.0 Å².